The molecule has 0 aliphatic heterocycles. The highest BCUT2D eigenvalue weighted by molar-refractivity contribution is 9.10. The lowest BCUT2D eigenvalue weighted by molar-refractivity contribution is -0.142. The molecule has 0 unspecified atom stereocenters. The Morgan fingerprint density at radius 1 is 0.938 bits per heavy atom. The molecule has 0 amide bonds. The minimum absolute atomic E-state index is 0.00821. The van der Waals surface area contributed by atoms with Gasteiger partial charge in [0.05, 0.1) is 11.6 Å². The van der Waals surface area contributed by atoms with Crippen LogP contribution >= 0.6 is 15.9 Å². The van der Waals surface area contributed by atoms with Crippen LogP contribution in [0.1, 0.15) is 50.8 Å². The predicted molar refractivity (Wildman–Crippen MR) is 180 cm³/mol. The van der Waals surface area contributed by atoms with Gasteiger partial charge in [-0.05, 0) is 65.1 Å². The average Bonchev–Trinajstić information content (AvgIpc) is 3.49. The molecule has 1 fully saturated rings. The van der Waals surface area contributed by atoms with Crippen LogP contribution < -0.4 is 14.4 Å². The summed E-state index contributed by atoms with van der Waals surface area (Å²) in [5, 5.41) is 28.5. The summed E-state index contributed by atoms with van der Waals surface area (Å²) in [5.41, 5.74) is 0.174. The minimum atomic E-state index is -2.50. The Morgan fingerprint density at radius 3 is 2.17 bits per heavy atom. The summed E-state index contributed by atoms with van der Waals surface area (Å²) in [6.07, 6.45) is 0.532. The van der Waals surface area contributed by atoms with Crippen molar-refractivity contribution in [3.63, 3.8) is 0 Å². The smallest absolute Gasteiger partial charge is 0.265 e. The molecular weight excluding hydrogens is 680 g/mol. The zero-order valence-electron chi connectivity index (χ0n) is 26.9. The fourth-order valence-corrected chi connectivity index (χ4v) is 7.86. The van der Waals surface area contributed by atoms with Gasteiger partial charge in [-0.2, -0.15) is 0 Å². The van der Waals surface area contributed by atoms with Crippen molar-refractivity contribution in [1.82, 2.24) is 15.0 Å². The zero-order chi connectivity index (χ0) is 33.9. The molecule has 3 aliphatic carbocycles. The number of anilines is 1. The molecule has 2 N–H and O–H groups in total. The molecule has 0 spiro atoms. The molecule has 0 bridgehead atoms. The number of pyridine rings is 1. The van der Waals surface area contributed by atoms with Crippen molar-refractivity contribution in [2.24, 2.45) is 11.8 Å². The highest BCUT2D eigenvalue weighted by Crippen LogP contribution is 2.57. The van der Waals surface area contributed by atoms with Gasteiger partial charge in [0.15, 0.2) is 21.7 Å². The van der Waals surface area contributed by atoms with Crippen molar-refractivity contribution in [3.8, 4) is 11.6 Å². The van der Waals surface area contributed by atoms with Crippen LogP contribution in [0.25, 0.3) is 5.76 Å². The first-order valence-corrected chi connectivity index (χ1v) is 16.5. The molecule has 4 atom stereocenters. The number of Topliss-reactive ketones (excluding diaryl/α,β-unsaturated/α-hetero) is 2. The Balaban J connectivity index is 1.33. The number of benzene rings is 2. The van der Waals surface area contributed by atoms with Gasteiger partial charge in [0.2, 0.25) is 11.6 Å². The molecular formula is C36H35BrN4O7. The number of ketones is 2. The molecule has 12 heteroatoms. The van der Waals surface area contributed by atoms with Gasteiger partial charge in [0.1, 0.15) is 30.4 Å². The van der Waals surface area contributed by atoms with E-state index in [1.165, 1.54) is 0 Å². The van der Waals surface area contributed by atoms with Crippen molar-refractivity contribution in [2.45, 2.75) is 37.7 Å². The molecule has 0 radical (unpaired) electrons. The van der Waals surface area contributed by atoms with Gasteiger partial charge < -0.3 is 29.1 Å². The molecule has 0 saturated heterocycles. The highest BCUT2D eigenvalue weighted by atomic mass is 79.9. The standard InChI is InChI=1S/C36H35BrN4O7/c1-40(2)27-23-16-21-15-22-25(30(33(37)38-34(22)41(3)4)46-17-19-11-7-5-8-12-19)28(42)24(21)31(43)36(23,45)32(44)26-29(27)48-39-35(26)47-18-20-13-9-6-10-14-20/h5-14,21,23,27,42,45H,15-18H2,1-4H3/t21-,23-,27-,36-/m0/s1. The number of nitrogens with zero attached hydrogens (tertiary/aromatic N) is 4. The van der Waals surface area contributed by atoms with E-state index in [4.69, 9.17) is 19.0 Å². The van der Waals surface area contributed by atoms with E-state index in [0.29, 0.717) is 28.0 Å². The van der Waals surface area contributed by atoms with E-state index in [1.807, 2.05) is 84.6 Å². The second kappa shape index (κ2) is 12.2. The number of aliphatic hydroxyl groups excluding tert-OH is 1. The van der Waals surface area contributed by atoms with Crippen LogP contribution in [0.4, 0.5) is 5.82 Å². The van der Waals surface area contributed by atoms with Crippen LogP contribution in [-0.2, 0) is 24.4 Å². The second-order valence-corrected chi connectivity index (χ2v) is 13.7. The van der Waals surface area contributed by atoms with E-state index in [-0.39, 0.29) is 53.9 Å². The Hall–Kier alpha value is -4.52. The summed E-state index contributed by atoms with van der Waals surface area (Å²) in [6.45, 7) is 0.287. The van der Waals surface area contributed by atoms with Crippen LogP contribution in [-0.4, -0.2) is 70.6 Å². The van der Waals surface area contributed by atoms with Gasteiger partial charge in [-0.1, -0.05) is 60.7 Å². The molecule has 48 heavy (non-hydrogen) atoms. The number of halogens is 1. The van der Waals surface area contributed by atoms with Crippen LogP contribution in [0.2, 0.25) is 0 Å². The topological polar surface area (TPSA) is 138 Å². The number of rotatable bonds is 8. The van der Waals surface area contributed by atoms with Gasteiger partial charge in [-0.25, -0.2) is 4.98 Å². The minimum Gasteiger partial charge on any atom is -0.507 e. The number of carbonyl (C=O) groups excluding carboxylic acids is 2. The number of aliphatic hydroxyl groups is 2. The Bertz CT molecular complexity index is 1940. The van der Waals surface area contributed by atoms with E-state index in [9.17, 15) is 19.8 Å². The first-order valence-electron chi connectivity index (χ1n) is 15.7. The van der Waals surface area contributed by atoms with E-state index in [1.54, 1.807) is 14.1 Å². The summed E-state index contributed by atoms with van der Waals surface area (Å²) in [6, 6.07) is 18.2. The molecule has 2 aromatic carbocycles. The summed E-state index contributed by atoms with van der Waals surface area (Å²) in [4.78, 5) is 37.4. The fourth-order valence-electron chi connectivity index (χ4n) is 7.38. The van der Waals surface area contributed by atoms with E-state index >= 15 is 0 Å². The lowest BCUT2D eigenvalue weighted by Gasteiger charge is -2.49. The van der Waals surface area contributed by atoms with E-state index < -0.39 is 35.0 Å². The van der Waals surface area contributed by atoms with Crippen molar-refractivity contribution >= 4 is 39.1 Å². The third-order valence-corrected chi connectivity index (χ3v) is 10.1. The maximum atomic E-state index is 14.7. The van der Waals surface area contributed by atoms with Crippen LogP contribution in [0.5, 0.6) is 11.6 Å². The molecule has 7 rings (SSSR count). The van der Waals surface area contributed by atoms with Gasteiger partial charge in [-0.15, -0.1) is 0 Å². The number of carbonyl (C=O) groups is 2. The number of fused-ring (bicyclic) bond motifs is 4. The van der Waals surface area contributed by atoms with E-state index in [0.717, 1.165) is 11.1 Å². The summed E-state index contributed by atoms with van der Waals surface area (Å²) >= 11 is 3.53. The van der Waals surface area contributed by atoms with Crippen molar-refractivity contribution in [2.75, 3.05) is 33.1 Å². The average molecular weight is 716 g/mol. The number of aromatic nitrogens is 2. The molecule has 11 nitrogen and oxygen atoms in total. The van der Waals surface area contributed by atoms with Gasteiger partial charge in [0, 0.05) is 31.1 Å². The lowest BCUT2D eigenvalue weighted by atomic mass is 9.57. The number of ether oxygens (including phenoxy) is 2. The zero-order valence-corrected chi connectivity index (χ0v) is 28.5. The monoisotopic (exact) mass is 714 g/mol. The molecule has 2 aromatic heterocycles. The molecule has 4 aromatic rings. The number of hydrogen-bond acceptors (Lipinski definition) is 11. The molecule has 3 aliphatic rings. The third-order valence-electron chi connectivity index (χ3n) is 9.54. The molecule has 1 saturated carbocycles. The largest absolute Gasteiger partial charge is 0.507 e. The summed E-state index contributed by atoms with van der Waals surface area (Å²) in [7, 11) is 7.29. The quantitative estimate of drug-likeness (QED) is 0.181. The molecule has 2 heterocycles. The van der Waals surface area contributed by atoms with E-state index in [2.05, 4.69) is 21.1 Å². The van der Waals surface area contributed by atoms with Crippen molar-refractivity contribution in [1.29, 1.82) is 0 Å². The normalized spacial score (nSPS) is 22.9. The number of hydrogen-bond donors (Lipinski definition) is 2. The van der Waals surface area contributed by atoms with Gasteiger partial charge >= 0.3 is 0 Å². The predicted octanol–water partition coefficient (Wildman–Crippen LogP) is 5.32. The molecule has 248 valence electrons. The Kier molecular flexibility index (Phi) is 8.13. The van der Waals surface area contributed by atoms with Crippen LogP contribution in [0.15, 0.2) is 75.4 Å². The maximum absolute atomic E-state index is 14.7. The van der Waals surface area contributed by atoms with Gasteiger partial charge in [0.25, 0.3) is 5.88 Å². The van der Waals surface area contributed by atoms with Crippen molar-refractivity contribution in [3.05, 3.63) is 104 Å². The first-order chi connectivity index (χ1) is 23.0. The van der Waals surface area contributed by atoms with Crippen LogP contribution in [0, 0.1) is 11.8 Å². The van der Waals surface area contributed by atoms with Gasteiger partial charge in [-0.3, -0.25) is 14.5 Å². The SMILES string of the molecule is CN(C)c1nc(Br)c(OCc2ccccc2)c2c1C[C@H]1C[C@H]3[C@H](N(C)C)c4onc(OCc5ccccc5)c4C(=O)[C@@]3(O)C(=O)C1=C2O. The Morgan fingerprint density at radius 2 is 1.56 bits per heavy atom. The third kappa shape index (κ3) is 5.01. The van der Waals surface area contributed by atoms with Crippen LogP contribution in [0.3, 0.4) is 0 Å². The lowest BCUT2D eigenvalue weighted by Crippen LogP contribution is -2.63. The summed E-state index contributed by atoms with van der Waals surface area (Å²) in [5.74, 6) is -2.44. The van der Waals surface area contributed by atoms with Crippen molar-refractivity contribution < 1.29 is 33.8 Å². The Labute approximate surface area is 285 Å². The maximum Gasteiger partial charge on any atom is 0.265 e. The first kappa shape index (κ1) is 32.0. The highest BCUT2D eigenvalue weighted by Gasteiger charge is 2.65. The second-order valence-electron chi connectivity index (χ2n) is 12.9. The fraction of sp³-hybridized carbons (Fsp3) is 0.333. The summed E-state index contributed by atoms with van der Waals surface area (Å²) < 4.78 is 18.3.